The maximum Gasteiger partial charge on any atom is 0.139 e. The SMILES string of the molecule is Bc1ccc(N(c2ccc(OC)cc2)c2ccc3cc4cc(N(c5ccc(CC)cc5)c5ccc(OC)cc5)ccc4cc3c2)cc1. The van der Waals surface area contributed by atoms with Gasteiger partial charge in [0.25, 0.3) is 0 Å². The van der Waals surface area contributed by atoms with Crippen molar-refractivity contribution in [1.29, 1.82) is 0 Å². The Morgan fingerprint density at radius 3 is 1.17 bits per heavy atom. The third kappa shape index (κ3) is 6.13. The van der Waals surface area contributed by atoms with Gasteiger partial charge in [-0.1, -0.05) is 48.8 Å². The van der Waals surface area contributed by atoms with E-state index >= 15 is 0 Å². The Hall–Kier alpha value is -5.68. The van der Waals surface area contributed by atoms with Crippen LogP contribution in [0.15, 0.2) is 146 Å². The number of fused-ring (bicyclic) bond motifs is 2. The van der Waals surface area contributed by atoms with Crippen LogP contribution in [0.25, 0.3) is 21.5 Å². The lowest BCUT2D eigenvalue weighted by molar-refractivity contribution is 0.414. The minimum absolute atomic E-state index is 0.838. The van der Waals surface area contributed by atoms with E-state index in [1.165, 1.54) is 32.6 Å². The highest BCUT2D eigenvalue weighted by Crippen LogP contribution is 2.40. The third-order valence-electron chi connectivity index (χ3n) is 8.84. The zero-order valence-electron chi connectivity index (χ0n) is 27.3. The van der Waals surface area contributed by atoms with Crippen molar-refractivity contribution >= 4 is 69.0 Å². The molecule has 0 fully saturated rings. The molecule has 0 aliphatic rings. The maximum atomic E-state index is 5.45. The zero-order valence-corrected chi connectivity index (χ0v) is 27.3. The van der Waals surface area contributed by atoms with Crippen molar-refractivity contribution in [3.63, 3.8) is 0 Å². The summed E-state index contributed by atoms with van der Waals surface area (Å²) in [6.45, 7) is 2.19. The number of aryl methyl sites for hydroxylation is 1. The van der Waals surface area contributed by atoms with Gasteiger partial charge >= 0.3 is 0 Å². The number of methoxy groups -OCH3 is 2. The first-order chi connectivity index (χ1) is 23.0. The monoisotopic (exact) mass is 612 g/mol. The minimum atomic E-state index is 0.838. The number of nitrogens with zero attached hydrogens (tertiary/aromatic N) is 2. The van der Waals surface area contributed by atoms with E-state index in [1.54, 1.807) is 14.2 Å². The van der Waals surface area contributed by atoms with Crippen LogP contribution in [0.1, 0.15) is 12.5 Å². The van der Waals surface area contributed by atoms with E-state index in [2.05, 4.69) is 146 Å². The average molecular weight is 613 g/mol. The van der Waals surface area contributed by atoms with Crippen LogP contribution in [0.5, 0.6) is 11.5 Å². The lowest BCUT2D eigenvalue weighted by atomic mass is 9.96. The summed E-state index contributed by atoms with van der Waals surface area (Å²) in [6.07, 6.45) is 1.01. The molecule has 230 valence electrons. The molecule has 0 unspecified atom stereocenters. The van der Waals surface area contributed by atoms with E-state index in [1.807, 2.05) is 24.3 Å². The average Bonchev–Trinajstić information content (AvgIpc) is 3.12. The Balaban J connectivity index is 1.30. The Labute approximate surface area is 277 Å². The number of ether oxygens (including phenoxy) is 2. The van der Waals surface area contributed by atoms with E-state index in [4.69, 9.17) is 9.47 Å². The molecule has 7 rings (SSSR count). The van der Waals surface area contributed by atoms with Crippen molar-refractivity contribution in [2.75, 3.05) is 24.0 Å². The number of hydrogen-bond acceptors (Lipinski definition) is 4. The molecule has 5 heteroatoms. The van der Waals surface area contributed by atoms with Gasteiger partial charge in [0, 0.05) is 34.1 Å². The molecule has 47 heavy (non-hydrogen) atoms. The molecule has 7 aromatic rings. The van der Waals surface area contributed by atoms with Gasteiger partial charge in [0.1, 0.15) is 19.3 Å². The van der Waals surface area contributed by atoms with Crippen LogP contribution in [0.3, 0.4) is 0 Å². The Morgan fingerprint density at radius 2 is 0.787 bits per heavy atom. The Kier molecular flexibility index (Phi) is 8.28. The van der Waals surface area contributed by atoms with Crippen molar-refractivity contribution < 1.29 is 9.47 Å². The summed E-state index contributed by atoms with van der Waals surface area (Å²) in [5.74, 6) is 1.68. The Bertz CT molecular complexity index is 2100. The highest BCUT2D eigenvalue weighted by Gasteiger charge is 2.16. The second-order valence-corrected chi connectivity index (χ2v) is 11.8. The smallest absolute Gasteiger partial charge is 0.139 e. The van der Waals surface area contributed by atoms with Crippen molar-refractivity contribution in [1.82, 2.24) is 0 Å². The third-order valence-corrected chi connectivity index (χ3v) is 8.84. The van der Waals surface area contributed by atoms with Gasteiger partial charge < -0.3 is 19.3 Å². The molecule has 0 aromatic heterocycles. The summed E-state index contributed by atoms with van der Waals surface area (Å²) in [5, 5.41) is 4.77. The van der Waals surface area contributed by atoms with Crippen molar-refractivity contribution in [3.05, 3.63) is 151 Å². The first-order valence-electron chi connectivity index (χ1n) is 16.0. The molecule has 0 saturated heterocycles. The maximum absolute atomic E-state index is 5.45. The van der Waals surface area contributed by atoms with Crippen molar-refractivity contribution in [3.8, 4) is 11.5 Å². The fourth-order valence-corrected chi connectivity index (χ4v) is 6.18. The molecule has 0 amide bonds. The molecule has 7 aromatic carbocycles. The summed E-state index contributed by atoms with van der Waals surface area (Å²) in [7, 11) is 5.52. The first kappa shape index (κ1) is 30.0. The van der Waals surface area contributed by atoms with E-state index in [0.29, 0.717) is 0 Å². The highest BCUT2D eigenvalue weighted by molar-refractivity contribution is 6.32. The van der Waals surface area contributed by atoms with Crippen molar-refractivity contribution in [2.24, 2.45) is 0 Å². The molecular formula is C42H37BN2O2. The van der Waals surface area contributed by atoms with Gasteiger partial charge in [-0.05, 0) is 143 Å². The summed E-state index contributed by atoms with van der Waals surface area (Å²) < 4.78 is 10.9. The van der Waals surface area contributed by atoms with Gasteiger partial charge in [-0.15, -0.1) is 0 Å². The molecule has 0 spiro atoms. The summed E-state index contributed by atoms with van der Waals surface area (Å²) in [6, 6.07) is 52.0. The van der Waals surface area contributed by atoms with Gasteiger partial charge in [0.05, 0.1) is 14.2 Å². The summed E-state index contributed by atoms with van der Waals surface area (Å²) in [5.41, 5.74) is 9.14. The number of benzene rings is 7. The van der Waals surface area contributed by atoms with E-state index in [-0.39, 0.29) is 0 Å². The number of anilines is 6. The second kappa shape index (κ2) is 13.0. The molecule has 0 heterocycles. The van der Waals surface area contributed by atoms with Crippen LogP contribution >= 0.6 is 0 Å². The zero-order chi connectivity index (χ0) is 32.3. The lowest BCUT2D eigenvalue weighted by Crippen LogP contribution is -2.11. The van der Waals surface area contributed by atoms with Gasteiger partial charge in [-0.25, -0.2) is 0 Å². The molecule has 0 aliphatic heterocycles. The fourth-order valence-electron chi connectivity index (χ4n) is 6.18. The molecule has 0 saturated carbocycles. The highest BCUT2D eigenvalue weighted by atomic mass is 16.5. The molecule has 0 radical (unpaired) electrons. The topological polar surface area (TPSA) is 24.9 Å². The minimum Gasteiger partial charge on any atom is -0.497 e. The molecule has 0 bridgehead atoms. The van der Waals surface area contributed by atoms with E-state index in [0.717, 1.165) is 52.0 Å². The fraction of sp³-hybridized carbons (Fsp3) is 0.0952. The summed E-state index contributed by atoms with van der Waals surface area (Å²) >= 11 is 0. The van der Waals surface area contributed by atoms with Crippen LogP contribution in [0, 0.1) is 0 Å². The Morgan fingerprint density at radius 1 is 0.426 bits per heavy atom. The molecule has 0 atom stereocenters. The van der Waals surface area contributed by atoms with Crippen LogP contribution < -0.4 is 24.7 Å². The predicted octanol–water partition coefficient (Wildman–Crippen LogP) is 9.77. The molecule has 0 aliphatic carbocycles. The largest absolute Gasteiger partial charge is 0.497 e. The van der Waals surface area contributed by atoms with Crippen molar-refractivity contribution in [2.45, 2.75) is 13.3 Å². The van der Waals surface area contributed by atoms with Gasteiger partial charge in [0.15, 0.2) is 0 Å². The molecular weight excluding hydrogens is 575 g/mol. The first-order valence-corrected chi connectivity index (χ1v) is 16.0. The number of hydrogen-bond donors (Lipinski definition) is 0. The predicted molar refractivity (Wildman–Crippen MR) is 201 cm³/mol. The van der Waals surface area contributed by atoms with E-state index < -0.39 is 0 Å². The normalized spacial score (nSPS) is 11.0. The standard InChI is InChI=1S/C42H37BN2O2/c1-4-29-5-11-35(12-6-29)44(37-17-21-41(46-2)22-18-37)39-13-7-30-26-33-28-40(14-8-31(33)25-32(30)27-39)45(36-15-9-34(43)10-16-36)38-19-23-42(47-3)24-20-38/h5-28H,4,43H2,1-3H3. The van der Waals surface area contributed by atoms with Crippen LogP contribution in [-0.4, -0.2) is 22.1 Å². The second-order valence-electron chi connectivity index (χ2n) is 11.8. The van der Waals surface area contributed by atoms with Gasteiger partial charge in [0.2, 0.25) is 0 Å². The number of rotatable bonds is 9. The quantitative estimate of drug-likeness (QED) is 0.120. The van der Waals surface area contributed by atoms with Gasteiger partial charge in [-0.2, -0.15) is 0 Å². The molecule has 4 nitrogen and oxygen atoms in total. The van der Waals surface area contributed by atoms with E-state index in [9.17, 15) is 0 Å². The lowest BCUT2D eigenvalue weighted by Gasteiger charge is -2.27. The van der Waals surface area contributed by atoms with Crippen LogP contribution in [0.4, 0.5) is 34.1 Å². The van der Waals surface area contributed by atoms with Gasteiger partial charge in [-0.3, -0.25) is 0 Å². The molecule has 0 N–H and O–H groups in total. The summed E-state index contributed by atoms with van der Waals surface area (Å²) in [4.78, 5) is 4.60. The van der Waals surface area contributed by atoms with Crippen LogP contribution in [-0.2, 0) is 6.42 Å². The van der Waals surface area contributed by atoms with Crippen LogP contribution in [0.2, 0.25) is 0 Å².